The Labute approximate surface area is 167 Å². The van der Waals surface area contributed by atoms with E-state index < -0.39 is 6.23 Å². The molecule has 10 heteroatoms. The van der Waals surface area contributed by atoms with Gasteiger partial charge in [-0.15, -0.1) is 0 Å². The van der Waals surface area contributed by atoms with Gasteiger partial charge in [0.25, 0.3) is 5.91 Å². The van der Waals surface area contributed by atoms with Crippen LogP contribution in [0.4, 0.5) is 5.69 Å². The highest BCUT2D eigenvalue weighted by molar-refractivity contribution is 8.00. The summed E-state index contributed by atoms with van der Waals surface area (Å²) in [5.41, 5.74) is 1.36. The number of hydrogen-bond donors (Lipinski definition) is 0. The van der Waals surface area contributed by atoms with Gasteiger partial charge in [0.15, 0.2) is 10.9 Å². The average Bonchev–Trinajstić information content (AvgIpc) is 3.07. The summed E-state index contributed by atoms with van der Waals surface area (Å²) in [7, 11) is 2.91. The Morgan fingerprint density at radius 1 is 1.41 bits per heavy atom. The molecule has 27 heavy (non-hydrogen) atoms. The molecular weight excluding hydrogens is 390 g/mol. The fourth-order valence-electron chi connectivity index (χ4n) is 2.32. The van der Waals surface area contributed by atoms with Crippen LogP contribution in [0.25, 0.3) is 5.69 Å². The fourth-order valence-corrected chi connectivity index (χ4v) is 2.91. The number of halogens is 1. The van der Waals surface area contributed by atoms with E-state index in [4.69, 9.17) is 21.2 Å². The monoisotopic (exact) mass is 411 g/mol. The summed E-state index contributed by atoms with van der Waals surface area (Å²) in [5, 5.41) is 8.18. The zero-order valence-corrected chi connectivity index (χ0v) is 17.4. The summed E-state index contributed by atoms with van der Waals surface area (Å²) in [6.07, 6.45) is 6.25. The zero-order chi connectivity index (χ0) is 20.0. The number of oxime groups is 1. The van der Waals surface area contributed by atoms with Gasteiger partial charge in [0, 0.05) is 13.3 Å². The van der Waals surface area contributed by atoms with Crippen molar-refractivity contribution in [1.29, 1.82) is 0 Å². The summed E-state index contributed by atoms with van der Waals surface area (Å²) >= 11 is 7.83. The Bertz CT molecular complexity index is 799. The number of pyridine rings is 1. The van der Waals surface area contributed by atoms with Crippen LogP contribution in [0.1, 0.15) is 13.8 Å². The molecule has 0 aliphatic carbocycles. The number of ether oxygens (including phenoxy) is 1. The van der Waals surface area contributed by atoms with E-state index in [0.29, 0.717) is 11.4 Å². The summed E-state index contributed by atoms with van der Waals surface area (Å²) in [6.45, 7) is 3.61. The number of aromatic nitrogens is 3. The van der Waals surface area contributed by atoms with Crippen LogP contribution in [0.15, 0.2) is 35.9 Å². The third-order valence-corrected chi connectivity index (χ3v) is 5.09. The molecule has 0 radical (unpaired) electrons. The highest BCUT2D eigenvalue weighted by Gasteiger charge is 2.32. The number of amides is 1. The number of hydrogen-bond acceptors (Lipinski definition) is 7. The SMILES string of the molecule is CON=C(C(=O)N(c1cn(-c2cccnc2)nc1Cl)C(C)OC)C(C)SC. The molecule has 0 aliphatic rings. The topological polar surface area (TPSA) is 81.8 Å². The summed E-state index contributed by atoms with van der Waals surface area (Å²) in [5.74, 6) is -0.374. The van der Waals surface area contributed by atoms with E-state index in [1.54, 1.807) is 36.3 Å². The molecule has 2 atom stereocenters. The lowest BCUT2D eigenvalue weighted by molar-refractivity contribution is -0.114. The van der Waals surface area contributed by atoms with Crippen LogP contribution in [0.3, 0.4) is 0 Å². The molecule has 0 spiro atoms. The maximum atomic E-state index is 13.2. The number of carbonyl (C=O) groups is 1. The van der Waals surface area contributed by atoms with Crippen molar-refractivity contribution in [3.8, 4) is 5.69 Å². The second kappa shape index (κ2) is 9.72. The second-order valence-electron chi connectivity index (χ2n) is 5.51. The lowest BCUT2D eigenvalue weighted by Crippen LogP contribution is -2.46. The molecule has 0 saturated heterocycles. The standard InChI is InChI=1S/C17H22ClN5O3S/c1-11(27-5)15(21-26-4)17(24)23(12(2)25-3)14-10-22(20-16(14)18)13-7-6-8-19-9-13/h6-12H,1-5H3. The first kappa shape index (κ1) is 21.2. The number of carbonyl (C=O) groups excluding carboxylic acids is 1. The molecule has 0 fully saturated rings. The highest BCUT2D eigenvalue weighted by Crippen LogP contribution is 2.29. The Morgan fingerprint density at radius 3 is 2.70 bits per heavy atom. The molecule has 2 rings (SSSR count). The first-order chi connectivity index (χ1) is 12.9. The van der Waals surface area contributed by atoms with Crippen LogP contribution in [-0.2, 0) is 14.4 Å². The normalized spacial score (nSPS) is 13.9. The van der Waals surface area contributed by atoms with Crippen molar-refractivity contribution in [2.24, 2.45) is 5.16 Å². The first-order valence-corrected chi connectivity index (χ1v) is 9.76. The van der Waals surface area contributed by atoms with Crippen LogP contribution in [-0.4, -0.2) is 58.3 Å². The largest absolute Gasteiger partial charge is 0.399 e. The summed E-state index contributed by atoms with van der Waals surface area (Å²) in [4.78, 5) is 23.6. The van der Waals surface area contributed by atoms with Crippen molar-refractivity contribution in [3.05, 3.63) is 35.9 Å². The van der Waals surface area contributed by atoms with E-state index in [0.717, 1.165) is 0 Å². The maximum absolute atomic E-state index is 13.2. The number of anilines is 1. The van der Waals surface area contributed by atoms with Gasteiger partial charge < -0.3 is 9.57 Å². The smallest absolute Gasteiger partial charge is 0.279 e. The van der Waals surface area contributed by atoms with Crippen molar-refractivity contribution in [1.82, 2.24) is 14.8 Å². The van der Waals surface area contributed by atoms with Crippen LogP contribution >= 0.6 is 23.4 Å². The highest BCUT2D eigenvalue weighted by atomic mass is 35.5. The van der Waals surface area contributed by atoms with E-state index in [2.05, 4.69) is 15.2 Å². The van der Waals surface area contributed by atoms with Gasteiger partial charge in [0.05, 0.1) is 23.3 Å². The van der Waals surface area contributed by atoms with E-state index in [-0.39, 0.29) is 22.0 Å². The summed E-state index contributed by atoms with van der Waals surface area (Å²) in [6, 6.07) is 3.62. The van der Waals surface area contributed by atoms with Crippen molar-refractivity contribution < 1.29 is 14.4 Å². The van der Waals surface area contributed by atoms with Crippen molar-refractivity contribution >= 4 is 40.7 Å². The minimum Gasteiger partial charge on any atom is -0.399 e. The molecule has 0 aromatic carbocycles. The molecule has 2 aromatic heterocycles. The minimum atomic E-state index is -0.599. The van der Waals surface area contributed by atoms with E-state index >= 15 is 0 Å². The summed E-state index contributed by atoms with van der Waals surface area (Å²) < 4.78 is 6.95. The van der Waals surface area contributed by atoms with Gasteiger partial charge >= 0.3 is 0 Å². The van der Waals surface area contributed by atoms with Crippen LogP contribution in [0, 0.1) is 0 Å². The van der Waals surface area contributed by atoms with Crippen molar-refractivity contribution in [2.75, 3.05) is 25.4 Å². The van der Waals surface area contributed by atoms with Gasteiger partial charge in [-0.2, -0.15) is 16.9 Å². The maximum Gasteiger partial charge on any atom is 0.279 e. The van der Waals surface area contributed by atoms with Crippen LogP contribution in [0.2, 0.25) is 5.15 Å². The van der Waals surface area contributed by atoms with E-state index in [1.807, 2.05) is 19.2 Å². The lowest BCUT2D eigenvalue weighted by Gasteiger charge is -2.28. The molecule has 2 heterocycles. The first-order valence-electron chi connectivity index (χ1n) is 8.10. The van der Waals surface area contributed by atoms with E-state index in [1.165, 1.54) is 30.9 Å². The average molecular weight is 412 g/mol. The third-order valence-electron chi connectivity index (χ3n) is 3.89. The van der Waals surface area contributed by atoms with Gasteiger partial charge in [0.2, 0.25) is 0 Å². The molecule has 2 aromatic rings. The number of rotatable bonds is 8. The third kappa shape index (κ3) is 4.79. The van der Waals surface area contributed by atoms with Gasteiger partial charge in [-0.3, -0.25) is 14.7 Å². The molecule has 0 saturated carbocycles. The van der Waals surface area contributed by atoms with Gasteiger partial charge in [-0.05, 0) is 32.2 Å². The second-order valence-corrected chi connectivity index (χ2v) is 7.04. The minimum absolute atomic E-state index is 0.157. The van der Waals surface area contributed by atoms with Crippen molar-refractivity contribution in [3.63, 3.8) is 0 Å². The van der Waals surface area contributed by atoms with Crippen LogP contribution < -0.4 is 4.90 Å². The number of thioether (sulfide) groups is 1. The Kier molecular flexibility index (Phi) is 7.64. The number of methoxy groups -OCH3 is 1. The molecule has 0 N–H and O–H groups in total. The molecule has 0 bridgehead atoms. The van der Waals surface area contributed by atoms with Crippen molar-refractivity contribution in [2.45, 2.75) is 25.3 Å². The number of nitrogens with zero attached hydrogens (tertiary/aromatic N) is 5. The molecule has 1 amide bonds. The van der Waals surface area contributed by atoms with E-state index in [9.17, 15) is 4.79 Å². The predicted molar refractivity (Wildman–Crippen MR) is 108 cm³/mol. The molecule has 0 aliphatic heterocycles. The van der Waals surface area contributed by atoms with Gasteiger partial charge in [-0.1, -0.05) is 16.8 Å². The Hall–Kier alpha value is -2.10. The Morgan fingerprint density at radius 2 is 2.15 bits per heavy atom. The quantitative estimate of drug-likeness (QED) is 0.377. The zero-order valence-electron chi connectivity index (χ0n) is 15.8. The van der Waals surface area contributed by atoms with Gasteiger partial charge in [0.1, 0.15) is 19.0 Å². The van der Waals surface area contributed by atoms with Crippen LogP contribution in [0.5, 0.6) is 0 Å². The lowest BCUT2D eigenvalue weighted by atomic mass is 10.2. The molecule has 146 valence electrons. The molecule has 8 nitrogen and oxygen atoms in total. The van der Waals surface area contributed by atoms with Gasteiger partial charge in [-0.25, -0.2) is 4.68 Å². The Balaban J connectivity index is 2.50. The molecular formula is C17H22ClN5O3S. The predicted octanol–water partition coefficient (Wildman–Crippen LogP) is 3.00. The molecule has 2 unspecified atom stereocenters. The fraction of sp³-hybridized carbons (Fsp3) is 0.412.